The molecule has 0 aromatic rings. The van der Waals surface area contributed by atoms with Gasteiger partial charge in [-0.1, -0.05) is 0 Å². The van der Waals surface area contributed by atoms with Gasteiger partial charge in [0.15, 0.2) is 0 Å². The number of hydrogen-bond acceptors (Lipinski definition) is 5. The highest BCUT2D eigenvalue weighted by atomic mass is 16.7. The zero-order valence-electron chi connectivity index (χ0n) is 9.31. The first-order valence-corrected chi connectivity index (χ1v) is 5.12. The maximum absolute atomic E-state index is 8.71. The Morgan fingerprint density at radius 3 is 2.73 bits per heavy atom. The van der Waals surface area contributed by atoms with E-state index in [1.165, 1.54) is 0 Å². The molecule has 0 rings (SSSR count). The molecule has 0 saturated heterocycles. The molecule has 5 heteroatoms. The fourth-order valence-electron chi connectivity index (χ4n) is 1.17. The Morgan fingerprint density at radius 2 is 2.13 bits per heavy atom. The summed E-state index contributed by atoms with van der Waals surface area (Å²) in [5.41, 5.74) is 0. The second-order valence-electron chi connectivity index (χ2n) is 3.14. The molecule has 88 valence electrons. The van der Waals surface area contributed by atoms with Crippen molar-refractivity contribution in [1.82, 2.24) is 4.90 Å². The lowest BCUT2D eigenvalue weighted by Gasteiger charge is -2.20. The average Bonchev–Trinajstić information content (AvgIpc) is 2.27. The van der Waals surface area contributed by atoms with Crippen molar-refractivity contribution in [2.75, 3.05) is 46.8 Å². The van der Waals surface area contributed by atoms with E-state index in [1.807, 2.05) is 0 Å². The van der Waals surface area contributed by atoms with Gasteiger partial charge in [-0.05, 0) is 6.42 Å². The van der Waals surface area contributed by atoms with E-state index in [-0.39, 0.29) is 6.61 Å². The topological polar surface area (TPSA) is 65.7 Å². The standard InChI is InChI=1S/C10H20N2O3/c1-14-10-15-9-7-12(5-2-4-11)6-3-8-13/h13H,2-3,5-10H2,1H3. The Hall–Kier alpha value is -0.670. The summed E-state index contributed by atoms with van der Waals surface area (Å²) in [5, 5.41) is 17.2. The molecular formula is C10H20N2O3. The third kappa shape index (κ3) is 9.63. The predicted octanol–water partition coefficient (Wildman–Crippen LogP) is 0.205. The number of aliphatic hydroxyl groups is 1. The van der Waals surface area contributed by atoms with Crippen LogP contribution >= 0.6 is 0 Å². The molecule has 15 heavy (non-hydrogen) atoms. The molecule has 0 aromatic carbocycles. The monoisotopic (exact) mass is 216 g/mol. The summed E-state index contributed by atoms with van der Waals surface area (Å²) in [6.45, 7) is 3.37. The second kappa shape index (κ2) is 11.4. The minimum Gasteiger partial charge on any atom is -0.396 e. The Morgan fingerprint density at radius 1 is 1.33 bits per heavy atom. The molecule has 0 spiro atoms. The van der Waals surface area contributed by atoms with E-state index in [1.54, 1.807) is 7.11 Å². The van der Waals surface area contributed by atoms with Gasteiger partial charge < -0.3 is 14.6 Å². The quantitative estimate of drug-likeness (QED) is 0.417. The lowest BCUT2D eigenvalue weighted by molar-refractivity contribution is -0.0366. The van der Waals surface area contributed by atoms with Gasteiger partial charge in [0.1, 0.15) is 6.79 Å². The minimum absolute atomic E-state index is 0.183. The van der Waals surface area contributed by atoms with Gasteiger partial charge in [0, 0.05) is 39.8 Å². The Labute approximate surface area is 91.2 Å². The molecule has 0 saturated carbocycles. The van der Waals surface area contributed by atoms with Crippen LogP contribution in [0.1, 0.15) is 12.8 Å². The molecule has 5 nitrogen and oxygen atoms in total. The van der Waals surface area contributed by atoms with Crippen molar-refractivity contribution in [3.63, 3.8) is 0 Å². The van der Waals surface area contributed by atoms with Crippen molar-refractivity contribution in [1.29, 1.82) is 5.26 Å². The van der Waals surface area contributed by atoms with E-state index in [9.17, 15) is 0 Å². The van der Waals surface area contributed by atoms with E-state index in [0.717, 1.165) is 26.1 Å². The van der Waals surface area contributed by atoms with Crippen molar-refractivity contribution >= 4 is 0 Å². The molecule has 0 fully saturated rings. The lowest BCUT2D eigenvalue weighted by atomic mass is 10.3. The zero-order chi connectivity index (χ0) is 11.4. The van der Waals surface area contributed by atoms with E-state index >= 15 is 0 Å². The van der Waals surface area contributed by atoms with Gasteiger partial charge in [0.05, 0.1) is 12.7 Å². The number of aliphatic hydroxyl groups excluding tert-OH is 1. The molecule has 0 amide bonds. The van der Waals surface area contributed by atoms with Gasteiger partial charge in [0.25, 0.3) is 0 Å². The molecule has 0 aliphatic carbocycles. The average molecular weight is 216 g/mol. The number of rotatable bonds is 10. The van der Waals surface area contributed by atoms with E-state index < -0.39 is 0 Å². The van der Waals surface area contributed by atoms with Crippen LogP contribution in [0.15, 0.2) is 0 Å². The summed E-state index contributed by atoms with van der Waals surface area (Å²) in [5.74, 6) is 0. The van der Waals surface area contributed by atoms with Gasteiger partial charge >= 0.3 is 0 Å². The van der Waals surface area contributed by atoms with Crippen LogP contribution in [-0.2, 0) is 9.47 Å². The van der Waals surface area contributed by atoms with E-state index in [0.29, 0.717) is 19.8 Å². The van der Waals surface area contributed by atoms with Crippen LogP contribution in [0, 0.1) is 11.3 Å². The van der Waals surface area contributed by atoms with Gasteiger partial charge in [-0.3, -0.25) is 4.90 Å². The Bertz CT molecular complexity index is 171. The SMILES string of the molecule is COCOCCN(CCC#N)CCCO. The molecule has 0 atom stereocenters. The normalized spacial score (nSPS) is 10.5. The van der Waals surface area contributed by atoms with Gasteiger partial charge in [-0.25, -0.2) is 0 Å². The van der Waals surface area contributed by atoms with Crippen LogP contribution in [-0.4, -0.2) is 56.8 Å². The van der Waals surface area contributed by atoms with Gasteiger partial charge in [0.2, 0.25) is 0 Å². The highest BCUT2D eigenvalue weighted by Gasteiger charge is 2.03. The Balaban J connectivity index is 3.55. The molecular weight excluding hydrogens is 196 g/mol. The summed E-state index contributed by atoms with van der Waals surface area (Å²) in [6, 6.07) is 2.11. The summed E-state index contributed by atoms with van der Waals surface area (Å²) in [4.78, 5) is 2.11. The first-order chi connectivity index (χ1) is 7.35. The van der Waals surface area contributed by atoms with Crippen LogP contribution in [0.2, 0.25) is 0 Å². The maximum Gasteiger partial charge on any atom is 0.146 e. The number of methoxy groups -OCH3 is 1. The predicted molar refractivity (Wildman–Crippen MR) is 56.2 cm³/mol. The third-order valence-electron chi connectivity index (χ3n) is 1.93. The first-order valence-electron chi connectivity index (χ1n) is 5.12. The molecule has 0 heterocycles. The molecule has 0 bridgehead atoms. The van der Waals surface area contributed by atoms with Crippen LogP contribution < -0.4 is 0 Å². The third-order valence-corrected chi connectivity index (χ3v) is 1.93. The largest absolute Gasteiger partial charge is 0.396 e. The van der Waals surface area contributed by atoms with Crippen LogP contribution in [0.3, 0.4) is 0 Å². The number of ether oxygens (including phenoxy) is 2. The maximum atomic E-state index is 8.71. The molecule has 0 aromatic heterocycles. The highest BCUT2D eigenvalue weighted by Crippen LogP contribution is 1.94. The fourth-order valence-corrected chi connectivity index (χ4v) is 1.17. The van der Waals surface area contributed by atoms with Gasteiger partial charge in [-0.15, -0.1) is 0 Å². The zero-order valence-corrected chi connectivity index (χ0v) is 9.31. The molecule has 0 aliphatic rings. The highest BCUT2D eigenvalue weighted by molar-refractivity contribution is 4.72. The molecule has 1 N–H and O–H groups in total. The number of nitrogens with zero attached hydrogens (tertiary/aromatic N) is 2. The number of hydrogen-bond donors (Lipinski definition) is 1. The van der Waals surface area contributed by atoms with Crippen LogP contribution in [0.25, 0.3) is 0 Å². The van der Waals surface area contributed by atoms with Crippen molar-refractivity contribution in [2.24, 2.45) is 0 Å². The molecule has 0 aliphatic heterocycles. The summed E-state index contributed by atoms with van der Waals surface area (Å²) < 4.78 is 9.92. The lowest BCUT2D eigenvalue weighted by Crippen LogP contribution is -2.30. The minimum atomic E-state index is 0.183. The fraction of sp³-hybridized carbons (Fsp3) is 0.900. The van der Waals surface area contributed by atoms with Crippen LogP contribution in [0.4, 0.5) is 0 Å². The van der Waals surface area contributed by atoms with Crippen molar-refractivity contribution in [3.05, 3.63) is 0 Å². The smallest absolute Gasteiger partial charge is 0.146 e. The van der Waals surface area contributed by atoms with E-state index in [4.69, 9.17) is 19.8 Å². The number of nitriles is 1. The summed E-state index contributed by atoms with van der Waals surface area (Å²) in [7, 11) is 1.58. The van der Waals surface area contributed by atoms with Crippen LogP contribution in [0.5, 0.6) is 0 Å². The molecule has 0 radical (unpaired) electrons. The van der Waals surface area contributed by atoms with Crippen molar-refractivity contribution in [2.45, 2.75) is 12.8 Å². The van der Waals surface area contributed by atoms with E-state index in [2.05, 4.69) is 11.0 Å². The van der Waals surface area contributed by atoms with Crippen molar-refractivity contribution < 1.29 is 14.6 Å². The summed E-state index contributed by atoms with van der Waals surface area (Å²) in [6.07, 6.45) is 1.24. The summed E-state index contributed by atoms with van der Waals surface area (Å²) >= 11 is 0. The Kier molecular flexibility index (Phi) is 10.9. The molecule has 0 unspecified atom stereocenters. The first kappa shape index (κ1) is 14.3. The second-order valence-corrected chi connectivity index (χ2v) is 3.14. The van der Waals surface area contributed by atoms with Crippen molar-refractivity contribution in [3.8, 4) is 6.07 Å². The van der Waals surface area contributed by atoms with Gasteiger partial charge in [-0.2, -0.15) is 5.26 Å².